The number of aromatic nitrogens is 2. The number of methoxy groups -OCH3 is 1. The Kier molecular flexibility index (Phi) is 8.19. The largest absolute Gasteiger partial charge is 0.497 e. The van der Waals surface area contributed by atoms with Crippen LogP contribution in [-0.2, 0) is 11.2 Å². The third-order valence-electron chi connectivity index (χ3n) is 5.44. The molecular formula is C27H26N4O3S. The molecule has 0 unspecified atom stereocenters. The van der Waals surface area contributed by atoms with Gasteiger partial charge in [0.2, 0.25) is 11.0 Å². The van der Waals surface area contributed by atoms with Crippen LogP contribution in [0, 0.1) is 0 Å². The van der Waals surface area contributed by atoms with E-state index in [2.05, 4.69) is 15.5 Å². The molecule has 0 saturated heterocycles. The Morgan fingerprint density at radius 3 is 2.26 bits per heavy atom. The highest BCUT2D eigenvalue weighted by Crippen LogP contribution is 2.27. The van der Waals surface area contributed by atoms with Crippen LogP contribution >= 0.6 is 11.3 Å². The molecule has 1 aromatic heterocycles. The number of carbonyl (C=O) groups is 2. The number of anilines is 1. The third kappa shape index (κ3) is 6.74. The molecule has 0 fully saturated rings. The molecule has 0 saturated carbocycles. The molecule has 0 aliphatic heterocycles. The molecule has 0 spiro atoms. The van der Waals surface area contributed by atoms with E-state index < -0.39 is 0 Å². The molecule has 0 aliphatic carbocycles. The lowest BCUT2D eigenvalue weighted by atomic mass is 10.1. The van der Waals surface area contributed by atoms with E-state index in [1.165, 1.54) is 11.3 Å². The lowest BCUT2D eigenvalue weighted by Gasteiger charge is -2.22. The van der Waals surface area contributed by atoms with Gasteiger partial charge in [-0.1, -0.05) is 59.9 Å². The zero-order valence-electron chi connectivity index (χ0n) is 19.4. The van der Waals surface area contributed by atoms with E-state index in [0.29, 0.717) is 35.2 Å². The number of nitrogens with zero attached hydrogens (tertiary/aromatic N) is 3. The van der Waals surface area contributed by atoms with Crippen molar-refractivity contribution in [1.29, 1.82) is 0 Å². The summed E-state index contributed by atoms with van der Waals surface area (Å²) in [7, 11) is 1.61. The van der Waals surface area contributed by atoms with Crippen LogP contribution in [0.5, 0.6) is 5.75 Å². The van der Waals surface area contributed by atoms with E-state index in [1.807, 2.05) is 72.8 Å². The first-order valence-electron chi connectivity index (χ1n) is 11.3. The van der Waals surface area contributed by atoms with Crippen LogP contribution in [0.2, 0.25) is 0 Å². The van der Waals surface area contributed by atoms with Gasteiger partial charge >= 0.3 is 0 Å². The van der Waals surface area contributed by atoms with E-state index in [1.54, 1.807) is 24.1 Å². The van der Waals surface area contributed by atoms with E-state index in [0.717, 1.165) is 16.9 Å². The molecule has 0 aliphatic rings. The number of ether oxygens (including phenoxy) is 1. The Hall–Kier alpha value is -4.04. The molecule has 7 nitrogen and oxygen atoms in total. The van der Waals surface area contributed by atoms with Crippen molar-refractivity contribution in [2.75, 3.05) is 25.5 Å². The minimum atomic E-state index is -0.215. The zero-order valence-corrected chi connectivity index (χ0v) is 20.2. The van der Waals surface area contributed by atoms with Gasteiger partial charge in [-0.25, -0.2) is 0 Å². The minimum Gasteiger partial charge on any atom is -0.497 e. The highest BCUT2D eigenvalue weighted by molar-refractivity contribution is 7.18. The molecule has 1 heterocycles. The monoisotopic (exact) mass is 486 g/mol. The average molecular weight is 487 g/mol. The number of hydrogen-bond acceptors (Lipinski definition) is 6. The molecule has 0 bridgehead atoms. The van der Waals surface area contributed by atoms with Crippen molar-refractivity contribution in [1.82, 2.24) is 15.1 Å². The Bertz CT molecular complexity index is 1240. The summed E-state index contributed by atoms with van der Waals surface area (Å²) in [6.45, 7) is 0.821. The molecule has 0 radical (unpaired) electrons. The zero-order chi connectivity index (χ0) is 24.5. The van der Waals surface area contributed by atoms with Crippen LogP contribution in [0.15, 0.2) is 84.9 Å². The van der Waals surface area contributed by atoms with Crippen molar-refractivity contribution in [3.8, 4) is 16.3 Å². The van der Waals surface area contributed by atoms with Crippen LogP contribution in [0.1, 0.15) is 22.3 Å². The standard InChI is InChI=1S/C27H26N4O3S/c1-34-23-14-12-21(13-15-23)25-29-30-27(35-25)28-24(32)17-19-31(18-16-20-8-4-2-5-9-20)26(33)22-10-6-3-7-11-22/h2-15H,16-19H2,1H3,(H,28,30,32). The van der Waals surface area contributed by atoms with Gasteiger partial charge in [0.1, 0.15) is 10.8 Å². The second-order valence-electron chi connectivity index (χ2n) is 7.83. The summed E-state index contributed by atoms with van der Waals surface area (Å²) >= 11 is 1.30. The summed E-state index contributed by atoms with van der Waals surface area (Å²) < 4.78 is 5.18. The highest BCUT2D eigenvalue weighted by Gasteiger charge is 2.18. The molecule has 4 rings (SSSR count). The van der Waals surface area contributed by atoms with Gasteiger partial charge in [-0.2, -0.15) is 0 Å². The maximum Gasteiger partial charge on any atom is 0.253 e. The topological polar surface area (TPSA) is 84.4 Å². The summed E-state index contributed by atoms with van der Waals surface area (Å²) in [4.78, 5) is 27.5. The van der Waals surface area contributed by atoms with Gasteiger partial charge in [-0.3, -0.25) is 9.59 Å². The molecule has 3 aromatic carbocycles. The highest BCUT2D eigenvalue weighted by atomic mass is 32.1. The van der Waals surface area contributed by atoms with E-state index in [4.69, 9.17) is 4.74 Å². The van der Waals surface area contributed by atoms with E-state index in [9.17, 15) is 9.59 Å². The molecular weight excluding hydrogens is 460 g/mol. The van der Waals surface area contributed by atoms with Gasteiger partial charge < -0.3 is 15.0 Å². The number of rotatable bonds is 10. The molecule has 2 amide bonds. The second-order valence-corrected chi connectivity index (χ2v) is 8.81. The normalized spacial score (nSPS) is 10.5. The Morgan fingerprint density at radius 1 is 0.886 bits per heavy atom. The van der Waals surface area contributed by atoms with Crippen LogP contribution in [0.25, 0.3) is 10.6 Å². The smallest absolute Gasteiger partial charge is 0.253 e. The lowest BCUT2D eigenvalue weighted by Crippen LogP contribution is -2.35. The predicted octanol–water partition coefficient (Wildman–Crippen LogP) is 4.93. The average Bonchev–Trinajstić information content (AvgIpc) is 3.38. The molecule has 0 atom stereocenters. The quantitative estimate of drug-likeness (QED) is 0.344. The van der Waals surface area contributed by atoms with Crippen molar-refractivity contribution >= 4 is 28.3 Å². The van der Waals surface area contributed by atoms with Crippen LogP contribution in [-0.4, -0.2) is 47.1 Å². The number of benzene rings is 3. The van der Waals surface area contributed by atoms with Crippen LogP contribution in [0.3, 0.4) is 0 Å². The first-order valence-corrected chi connectivity index (χ1v) is 12.1. The molecule has 8 heteroatoms. The predicted molar refractivity (Wildman–Crippen MR) is 138 cm³/mol. The van der Waals surface area contributed by atoms with Crippen molar-refractivity contribution in [2.24, 2.45) is 0 Å². The molecule has 35 heavy (non-hydrogen) atoms. The summed E-state index contributed by atoms with van der Waals surface area (Å²) in [5.74, 6) is 0.453. The van der Waals surface area contributed by atoms with Gasteiger partial charge in [0.25, 0.3) is 5.91 Å². The second kappa shape index (κ2) is 11.9. The summed E-state index contributed by atoms with van der Waals surface area (Å²) in [6.07, 6.45) is 0.869. The maximum absolute atomic E-state index is 13.1. The summed E-state index contributed by atoms with van der Waals surface area (Å²) in [5.41, 5.74) is 2.64. The van der Waals surface area contributed by atoms with E-state index in [-0.39, 0.29) is 18.2 Å². The number of hydrogen-bond donors (Lipinski definition) is 1. The van der Waals surface area contributed by atoms with Crippen LogP contribution < -0.4 is 10.1 Å². The van der Waals surface area contributed by atoms with E-state index >= 15 is 0 Å². The van der Waals surface area contributed by atoms with Crippen molar-refractivity contribution in [3.63, 3.8) is 0 Å². The fourth-order valence-corrected chi connectivity index (χ4v) is 4.29. The minimum absolute atomic E-state index is 0.0907. The van der Waals surface area contributed by atoms with Crippen molar-refractivity contribution in [2.45, 2.75) is 12.8 Å². The molecule has 4 aromatic rings. The van der Waals surface area contributed by atoms with Crippen LogP contribution in [0.4, 0.5) is 5.13 Å². The maximum atomic E-state index is 13.1. The van der Waals surface area contributed by atoms with Gasteiger partial charge in [-0.05, 0) is 48.4 Å². The molecule has 178 valence electrons. The first kappa shape index (κ1) is 24.1. The van der Waals surface area contributed by atoms with Crippen molar-refractivity contribution in [3.05, 3.63) is 96.1 Å². The van der Waals surface area contributed by atoms with Gasteiger partial charge in [0.05, 0.1) is 7.11 Å². The van der Waals surface area contributed by atoms with Crippen molar-refractivity contribution < 1.29 is 14.3 Å². The van der Waals surface area contributed by atoms with Gasteiger partial charge in [-0.15, -0.1) is 10.2 Å². The Balaban J connectivity index is 1.37. The van der Waals surface area contributed by atoms with Gasteiger partial charge in [0, 0.05) is 30.6 Å². The summed E-state index contributed by atoms with van der Waals surface area (Å²) in [5, 5.41) is 12.2. The Morgan fingerprint density at radius 2 is 1.57 bits per heavy atom. The fourth-order valence-electron chi connectivity index (χ4n) is 3.53. The first-order chi connectivity index (χ1) is 17.1. The SMILES string of the molecule is COc1ccc(-c2nnc(NC(=O)CCN(CCc3ccccc3)C(=O)c3ccccc3)s2)cc1. The lowest BCUT2D eigenvalue weighted by molar-refractivity contribution is -0.116. The number of amides is 2. The summed E-state index contributed by atoms with van der Waals surface area (Å²) in [6, 6.07) is 26.6. The third-order valence-corrected chi connectivity index (χ3v) is 6.33. The Labute approximate surface area is 208 Å². The molecule has 1 N–H and O–H groups in total. The number of carbonyl (C=O) groups excluding carboxylic acids is 2. The fraction of sp³-hybridized carbons (Fsp3) is 0.185. The van der Waals surface area contributed by atoms with Gasteiger partial charge in [0.15, 0.2) is 0 Å². The number of nitrogens with one attached hydrogen (secondary N) is 1.